The fourth-order valence-electron chi connectivity index (χ4n) is 8.56. The van der Waals surface area contributed by atoms with Crippen LogP contribution in [0.5, 0.6) is 0 Å². The van der Waals surface area contributed by atoms with Gasteiger partial charge in [-0.3, -0.25) is 4.98 Å². The number of benzene rings is 9. The fourth-order valence-corrected chi connectivity index (χ4v) is 8.56. The van der Waals surface area contributed by atoms with E-state index in [9.17, 15) is 0 Å². The third-order valence-corrected chi connectivity index (χ3v) is 10.6. The molecule has 0 saturated carbocycles. The van der Waals surface area contributed by atoms with E-state index in [1.807, 2.05) is 18.5 Å². The van der Waals surface area contributed by atoms with E-state index in [1.54, 1.807) is 0 Å². The van der Waals surface area contributed by atoms with E-state index in [0.717, 1.165) is 5.69 Å². The summed E-state index contributed by atoms with van der Waals surface area (Å²) >= 11 is 0. The minimum atomic E-state index is 1.06. The van der Waals surface area contributed by atoms with Crippen molar-refractivity contribution in [2.75, 3.05) is 0 Å². The summed E-state index contributed by atoms with van der Waals surface area (Å²) in [6.07, 6.45) is 3.82. The Morgan fingerprint density at radius 1 is 0.367 bits per heavy atom. The smallest absolute Gasteiger partial charge is 0.0645 e. The number of pyridine rings is 1. The monoisotopic (exact) mass is 620 g/mol. The van der Waals surface area contributed by atoms with Crippen LogP contribution in [0.15, 0.2) is 170 Å². The molecule has 0 unspecified atom stereocenters. The molecule has 0 aliphatic carbocycles. The topological polar surface area (TPSA) is 17.8 Å². The van der Waals surface area contributed by atoms with Gasteiger partial charge in [-0.05, 0) is 113 Å². The first kappa shape index (κ1) is 26.5. The van der Waals surface area contributed by atoms with Crippen LogP contribution >= 0.6 is 0 Å². The Bertz CT molecular complexity index is 2800. The van der Waals surface area contributed by atoms with Crippen LogP contribution in [-0.2, 0) is 0 Å². The molecule has 226 valence electrons. The van der Waals surface area contributed by atoms with Crippen LogP contribution in [0.1, 0.15) is 0 Å². The zero-order valence-corrected chi connectivity index (χ0v) is 26.6. The van der Waals surface area contributed by atoms with E-state index < -0.39 is 0 Å². The maximum Gasteiger partial charge on any atom is 0.0645 e. The van der Waals surface area contributed by atoms with Crippen LogP contribution < -0.4 is 0 Å². The number of rotatable bonds is 3. The Morgan fingerprint density at radius 3 is 1.20 bits per heavy atom. The average molecular weight is 621 g/mol. The van der Waals surface area contributed by atoms with Gasteiger partial charge in [0.1, 0.15) is 0 Å². The van der Waals surface area contributed by atoms with Gasteiger partial charge in [0.2, 0.25) is 0 Å². The normalized spacial score (nSPS) is 12.1. The molecule has 2 heteroatoms. The lowest BCUT2D eigenvalue weighted by Gasteiger charge is -2.17. The molecule has 0 atom stereocenters. The van der Waals surface area contributed by atoms with Gasteiger partial charge in [0, 0.05) is 17.0 Å². The maximum absolute atomic E-state index is 4.55. The summed E-state index contributed by atoms with van der Waals surface area (Å²) in [4.78, 5) is 4.55. The molecule has 2 aromatic heterocycles. The van der Waals surface area contributed by atoms with Crippen molar-refractivity contribution in [1.82, 2.24) is 9.55 Å². The van der Waals surface area contributed by atoms with Crippen molar-refractivity contribution >= 4 is 75.7 Å². The van der Waals surface area contributed by atoms with Gasteiger partial charge in [0.05, 0.1) is 22.9 Å². The zero-order valence-electron chi connectivity index (χ0n) is 26.6. The molecule has 0 N–H and O–H groups in total. The molecule has 0 aliphatic rings. The Balaban J connectivity index is 1.32. The first-order chi connectivity index (χ1) is 24.3. The number of nitrogens with zero attached hydrogens (tertiary/aromatic N) is 2. The molecule has 9 aromatic carbocycles. The highest BCUT2D eigenvalue weighted by atomic mass is 15.0. The molecule has 11 rings (SSSR count). The second kappa shape index (κ2) is 10.00. The first-order valence-corrected chi connectivity index (χ1v) is 16.9. The van der Waals surface area contributed by atoms with Gasteiger partial charge in [0.15, 0.2) is 0 Å². The molecule has 0 spiro atoms. The summed E-state index contributed by atoms with van der Waals surface area (Å²) in [5.41, 5.74) is 8.54. The highest BCUT2D eigenvalue weighted by molar-refractivity contribution is 6.31. The predicted octanol–water partition coefficient (Wildman–Crippen LogP) is 12.7. The van der Waals surface area contributed by atoms with Crippen LogP contribution in [0, 0.1) is 0 Å². The maximum atomic E-state index is 4.55. The fraction of sp³-hybridized carbons (Fsp3) is 0. The Hall–Kier alpha value is -6.51. The van der Waals surface area contributed by atoms with E-state index in [0.29, 0.717) is 0 Å². The molecular formula is C47H28N2. The van der Waals surface area contributed by atoms with E-state index in [4.69, 9.17) is 0 Å². The molecular weight excluding hydrogens is 593 g/mol. The molecule has 0 bridgehead atoms. The number of aromatic nitrogens is 2. The number of hydrogen-bond acceptors (Lipinski definition) is 1. The Morgan fingerprint density at radius 2 is 0.796 bits per heavy atom. The SMILES string of the molecule is c1cncc(-n2c3ccc(-c4c5ccccc5cc5ccccc45)c4ccc5c(-c6c7ccccc7cc7ccccc67)ccc2c5c43)c1. The highest BCUT2D eigenvalue weighted by Crippen LogP contribution is 2.48. The van der Waals surface area contributed by atoms with Crippen LogP contribution in [0.4, 0.5) is 0 Å². The van der Waals surface area contributed by atoms with E-state index in [-0.39, 0.29) is 0 Å². The summed E-state index contributed by atoms with van der Waals surface area (Å²) < 4.78 is 2.40. The minimum Gasteiger partial charge on any atom is -0.308 e. The lowest BCUT2D eigenvalue weighted by molar-refractivity contribution is 1.14. The average Bonchev–Trinajstić information content (AvgIpc) is 3.51. The van der Waals surface area contributed by atoms with Crippen LogP contribution in [0.3, 0.4) is 0 Å². The van der Waals surface area contributed by atoms with Crippen molar-refractivity contribution in [3.05, 3.63) is 170 Å². The molecule has 11 aromatic rings. The van der Waals surface area contributed by atoms with Gasteiger partial charge in [-0.1, -0.05) is 121 Å². The summed E-state index contributed by atoms with van der Waals surface area (Å²) in [5, 5.41) is 15.2. The lowest BCUT2D eigenvalue weighted by Crippen LogP contribution is -1.94. The van der Waals surface area contributed by atoms with Crippen molar-refractivity contribution in [3.8, 4) is 27.9 Å². The van der Waals surface area contributed by atoms with Crippen molar-refractivity contribution in [3.63, 3.8) is 0 Å². The highest BCUT2D eigenvalue weighted by Gasteiger charge is 2.23. The minimum absolute atomic E-state index is 1.06. The second-order valence-corrected chi connectivity index (χ2v) is 13.1. The van der Waals surface area contributed by atoms with Crippen molar-refractivity contribution in [2.45, 2.75) is 0 Å². The van der Waals surface area contributed by atoms with E-state index in [2.05, 4.69) is 161 Å². The molecule has 0 aliphatic heterocycles. The van der Waals surface area contributed by atoms with E-state index >= 15 is 0 Å². The van der Waals surface area contributed by atoms with Gasteiger partial charge in [-0.15, -0.1) is 0 Å². The molecule has 0 fully saturated rings. The van der Waals surface area contributed by atoms with Crippen molar-refractivity contribution in [2.24, 2.45) is 0 Å². The third kappa shape index (κ3) is 3.69. The summed E-state index contributed by atoms with van der Waals surface area (Å²) in [5.74, 6) is 0. The van der Waals surface area contributed by atoms with E-state index in [1.165, 1.54) is 97.9 Å². The standard InChI is InChI=1S/C47H28N2/c1-5-15-34-29(10-1)26-30-11-2-6-16-35(30)44(34)38-21-23-42-46-40(38)19-20-41-39(22-24-43(47(41)46)49(42)33-14-9-25-48-28-33)45-36-17-7-3-12-31(36)27-32-13-4-8-18-37(32)45/h1-28H. The van der Waals surface area contributed by atoms with Gasteiger partial charge in [-0.25, -0.2) is 0 Å². The van der Waals surface area contributed by atoms with Gasteiger partial charge in [-0.2, -0.15) is 0 Å². The second-order valence-electron chi connectivity index (χ2n) is 13.1. The summed E-state index contributed by atoms with van der Waals surface area (Å²) in [6, 6.07) is 58.1. The molecule has 2 nitrogen and oxygen atoms in total. The quantitative estimate of drug-likeness (QED) is 0.142. The lowest BCUT2D eigenvalue weighted by atomic mass is 9.86. The number of hydrogen-bond donors (Lipinski definition) is 0. The first-order valence-electron chi connectivity index (χ1n) is 16.9. The van der Waals surface area contributed by atoms with Gasteiger partial charge >= 0.3 is 0 Å². The number of fused-ring (bicyclic) bond motifs is 4. The largest absolute Gasteiger partial charge is 0.308 e. The molecule has 2 heterocycles. The Kier molecular flexibility index (Phi) is 5.42. The Labute approximate surface area is 282 Å². The molecule has 0 radical (unpaired) electrons. The van der Waals surface area contributed by atoms with Crippen molar-refractivity contribution < 1.29 is 0 Å². The van der Waals surface area contributed by atoms with Gasteiger partial charge in [0.25, 0.3) is 0 Å². The zero-order chi connectivity index (χ0) is 32.1. The summed E-state index contributed by atoms with van der Waals surface area (Å²) in [7, 11) is 0. The summed E-state index contributed by atoms with van der Waals surface area (Å²) in [6.45, 7) is 0. The third-order valence-electron chi connectivity index (χ3n) is 10.6. The van der Waals surface area contributed by atoms with Crippen molar-refractivity contribution in [1.29, 1.82) is 0 Å². The van der Waals surface area contributed by atoms with Crippen LogP contribution in [-0.4, -0.2) is 9.55 Å². The van der Waals surface area contributed by atoms with Gasteiger partial charge < -0.3 is 4.57 Å². The molecule has 0 saturated heterocycles. The van der Waals surface area contributed by atoms with Crippen LogP contribution in [0.25, 0.3) is 104 Å². The molecule has 0 amide bonds. The predicted molar refractivity (Wildman–Crippen MR) is 208 cm³/mol. The van der Waals surface area contributed by atoms with Crippen LogP contribution in [0.2, 0.25) is 0 Å². The molecule has 49 heavy (non-hydrogen) atoms.